The van der Waals surface area contributed by atoms with Crippen molar-refractivity contribution in [1.29, 1.82) is 0 Å². The molecule has 0 spiro atoms. The summed E-state index contributed by atoms with van der Waals surface area (Å²) in [4.78, 5) is 26.8. The number of fused-ring (bicyclic) bond motifs is 1. The van der Waals surface area contributed by atoms with Gasteiger partial charge in [0.25, 0.3) is 5.56 Å². The van der Waals surface area contributed by atoms with Gasteiger partial charge in [-0.25, -0.2) is 4.68 Å². The number of amides is 1. The minimum absolute atomic E-state index is 0.190. The zero-order chi connectivity index (χ0) is 29.5. The summed E-state index contributed by atoms with van der Waals surface area (Å²) in [6.07, 6.45) is 4.69. The molecule has 3 heterocycles. The predicted molar refractivity (Wildman–Crippen MR) is 146 cm³/mol. The van der Waals surface area contributed by atoms with Crippen LogP contribution >= 0.6 is 23.2 Å². The lowest BCUT2D eigenvalue weighted by Gasteiger charge is -2.20. The van der Waals surface area contributed by atoms with Crippen LogP contribution in [0.1, 0.15) is 23.5 Å². The van der Waals surface area contributed by atoms with Gasteiger partial charge in [-0.05, 0) is 42.8 Å². The number of nitrogens with one attached hydrogen (secondary N) is 1. The molecule has 38 heavy (non-hydrogen) atoms. The maximum atomic E-state index is 13.4. The molecular formula is C26H23Cl2N7O3. The Hall–Kier alpha value is -4.15. The van der Waals surface area contributed by atoms with Gasteiger partial charge in [-0.2, -0.15) is 5.10 Å². The summed E-state index contributed by atoms with van der Waals surface area (Å²) >= 11 is 12.3. The van der Waals surface area contributed by atoms with Crippen molar-refractivity contribution in [2.75, 3.05) is 12.4 Å². The number of benzene rings is 2. The van der Waals surface area contributed by atoms with Crippen LogP contribution in [0.5, 0.6) is 5.75 Å². The van der Waals surface area contributed by atoms with Gasteiger partial charge in [0.15, 0.2) is 5.15 Å². The van der Waals surface area contributed by atoms with E-state index in [0.717, 1.165) is 4.68 Å². The maximum Gasteiger partial charge on any atom is 0.252 e. The zero-order valence-electron chi connectivity index (χ0n) is 23.2. The van der Waals surface area contributed by atoms with Gasteiger partial charge in [0.05, 0.1) is 30.7 Å². The van der Waals surface area contributed by atoms with E-state index >= 15 is 0 Å². The molecule has 1 unspecified atom stereocenters. The molecule has 0 radical (unpaired) electrons. The fourth-order valence-corrected chi connectivity index (χ4v) is 4.57. The fraction of sp³-hybridized carbons (Fsp3) is 0.192. The fourth-order valence-electron chi connectivity index (χ4n) is 4.27. The molecule has 12 heteroatoms. The minimum atomic E-state index is -2.42. The first-order valence-electron chi connectivity index (χ1n) is 13.0. The molecule has 0 saturated carbocycles. The van der Waals surface area contributed by atoms with Crippen molar-refractivity contribution in [2.24, 2.45) is 6.98 Å². The average Bonchev–Trinajstić information content (AvgIpc) is 3.55. The molecule has 2 aromatic carbocycles. The summed E-state index contributed by atoms with van der Waals surface area (Å²) in [6.45, 7) is -0.638. The Labute approximate surface area is 231 Å². The number of hydrogen-bond acceptors (Lipinski definition) is 6. The van der Waals surface area contributed by atoms with Gasteiger partial charge in [0.2, 0.25) is 5.91 Å². The quantitative estimate of drug-likeness (QED) is 0.307. The molecule has 0 aliphatic heterocycles. The first-order valence-corrected chi connectivity index (χ1v) is 12.2. The van der Waals surface area contributed by atoms with Gasteiger partial charge in [-0.15, -0.1) is 5.10 Å². The summed E-state index contributed by atoms with van der Waals surface area (Å²) in [6, 6.07) is 10.4. The second-order valence-electron chi connectivity index (χ2n) is 8.41. The second-order valence-corrected chi connectivity index (χ2v) is 9.23. The van der Waals surface area contributed by atoms with E-state index in [1.54, 1.807) is 43.3 Å². The first-order chi connectivity index (χ1) is 19.5. The number of anilines is 1. The Balaban J connectivity index is 1.49. The SMILES string of the molecule is [2H]C([2H])([2H])n1cc2cc(NC(=O)C(CC)n3cc(OC)c(-c4cc(Cl)ccc4-n4cc(Cl)nn4)cc3=O)ccc2n1. The molecule has 3 aromatic heterocycles. The van der Waals surface area contributed by atoms with E-state index in [0.29, 0.717) is 50.6 Å². The van der Waals surface area contributed by atoms with Crippen LogP contribution in [0.4, 0.5) is 5.69 Å². The molecule has 5 aromatic rings. The number of carbonyl (C=O) groups excluding carboxylic acids is 1. The Morgan fingerprint density at radius 3 is 2.68 bits per heavy atom. The first kappa shape index (κ1) is 21.9. The van der Waals surface area contributed by atoms with Crippen molar-refractivity contribution in [3.05, 3.63) is 81.6 Å². The van der Waals surface area contributed by atoms with E-state index in [-0.39, 0.29) is 5.15 Å². The number of hydrogen-bond donors (Lipinski definition) is 1. The van der Waals surface area contributed by atoms with Gasteiger partial charge in [-0.1, -0.05) is 35.3 Å². The Morgan fingerprint density at radius 2 is 1.97 bits per heavy atom. The number of ether oxygens (including phenoxy) is 1. The largest absolute Gasteiger partial charge is 0.495 e. The minimum Gasteiger partial charge on any atom is -0.495 e. The highest BCUT2D eigenvalue weighted by Gasteiger charge is 2.23. The molecule has 1 N–H and O–H groups in total. The molecule has 1 atom stereocenters. The van der Waals surface area contributed by atoms with E-state index in [2.05, 4.69) is 20.7 Å². The van der Waals surface area contributed by atoms with Crippen molar-refractivity contribution in [1.82, 2.24) is 29.3 Å². The topological polar surface area (TPSA) is 109 Å². The Morgan fingerprint density at radius 1 is 1.13 bits per heavy atom. The number of aromatic nitrogens is 6. The summed E-state index contributed by atoms with van der Waals surface area (Å²) in [5.41, 5.74) is 1.99. The molecule has 194 valence electrons. The smallest absolute Gasteiger partial charge is 0.252 e. The lowest BCUT2D eigenvalue weighted by molar-refractivity contribution is -0.119. The molecule has 1 amide bonds. The molecule has 0 aliphatic rings. The predicted octanol–water partition coefficient (Wildman–Crippen LogP) is 4.89. The normalized spacial score (nSPS) is 13.5. The van der Waals surface area contributed by atoms with Crippen LogP contribution in [-0.2, 0) is 11.8 Å². The standard InChI is InChI=1S/C26H23Cl2N7O3/c1-4-21(26(37)29-17-6-7-20-15(9-17)12-33(2)31-20)34-13-23(38-3)19(11-25(34)36)18-10-16(27)5-8-22(18)35-14-24(28)30-32-35/h5-14,21H,4H2,1-3H3,(H,29,37)/i2D3. The highest BCUT2D eigenvalue weighted by atomic mass is 35.5. The van der Waals surface area contributed by atoms with E-state index in [1.165, 1.54) is 41.0 Å². The molecule has 0 fully saturated rings. The molecule has 0 bridgehead atoms. The van der Waals surface area contributed by atoms with Crippen molar-refractivity contribution < 1.29 is 13.6 Å². The van der Waals surface area contributed by atoms with E-state index in [4.69, 9.17) is 32.1 Å². The maximum absolute atomic E-state index is 13.4. The number of aryl methyl sites for hydroxylation is 1. The molecule has 5 rings (SSSR count). The van der Waals surface area contributed by atoms with Crippen LogP contribution in [0.15, 0.2) is 65.8 Å². The van der Waals surface area contributed by atoms with Crippen LogP contribution in [0.25, 0.3) is 27.7 Å². The Bertz CT molecular complexity index is 1830. The van der Waals surface area contributed by atoms with Gasteiger partial charge in [-0.3, -0.25) is 18.8 Å². The van der Waals surface area contributed by atoms with Crippen molar-refractivity contribution in [3.63, 3.8) is 0 Å². The van der Waals surface area contributed by atoms with Crippen LogP contribution in [0.2, 0.25) is 10.2 Å². The van der Waals surface area contributed by atoms with Crippen molar-refractivity contribution in [3.8, 4) is 22.6 Å². The third kappa shape index (κ3) is 4.88. The van der Waals surface area contributed by atoms with Crippen LogP contribution < -0.4 is 15.6 Å². The highest BCUT2D eigenvalue weighted by molar-refractivity contribution is 6.31. The summed E-state index contributed by atoms with van der Waals surface area (Å²) < 4.78 is 31.9. The molecule has 10 nitrogen and oxygen atoms in total. The van der Waals surface area contributed by atoms with Gasteiger partial charge in [0.1, 0.15) is 11.8 Å². The summed E-state index contributed by atoms with van der Waals surface area (Å²) in [5.74, 6) is -0.114. The van der Waals surface area contributed by atoms with E-state index in [1.807, 2.05) is 0 Å². The van der Waals surface area contributed by atoms with Crippen LogP contribution in [-0.4, -0.2) is 42.4 Å². The number of halogens is 2. The van der Waals surface area contributed by atoms with Gasteiger partial charge < -0.3 is 10.1 Å². The molecule has 0 aliphatic carbocycles. The number of pyridine rings is 1. The third-order valence-corrected chi connectivity index (χ3v) is 6.43. The molecule has 0 saturated heterocycles. The summed E-state index contributed by atoms with van der Waals surface area (Å²) in [7, 11) is 1.46. The highest BCUT2D eigenvalue weighted by Crippen LogP contribution is 2.35. The Kier molecular flexibility index (Phi) is 5.94. The van der Waals surface area contributed by atoms with Gasteiger partial charge in [0, 0.05) is 50.6 Å². The van der Waals surface area contributed by atoms with Crippen molar-refractivity contribution >= 4 is 45.7 Å². The number of carbonyl (C=O) groups is 1. The monoisotopic (exact) mass is 554 g/mol. The number of rotatable bonds is 7. The molecular weight excluding hydrogens is 529 g/mol. The van der Waals surface area contributed by atoms with Crippen LogP contribution in [0.3, 0.4) is 0 Å². The van der Waals surface area contributed by atoms with Gasteiger partial charge >= 0.3 is 0 Å². The summed E-state index contributed by atoms with van der Waals surface area (Å²) in [5, 5.41) is 15.9. The lowest BCUT2D eigenvalue weighted by atomic mass is 10.0. The lowest BCUT2D eigenvalue weighted by Crippen LogP contribution is -2.32. The zero-order valence-corrected chi connectivity index (χ0v) is 21.7. The van der Waals surface area contributed by atoms with E-state index < -0.39 is 24.5 Å². The van der Waals surface area contributed by atoms with E-state index in [9.17, 15) is 9.59 Å². The average molecular weight is 555 g/mol. The third-order valence-electron chi connectivity index (χ3n) is 6.02. The van der Waals surface area contributed by atoms with Crippen LogP contribution in [0, 0.1) is 0 Å². The number of methoxy groups -OCH3 is 1. The second kappa shape index (κ2) is 10.3. The number of nitrogens with zero attached hydrogens (tertiary/aromatic N) is 6. The van der Waals surface area contributed by atoms with Crippen molar-refractivity contribution in [2.45, 2.75) is 19.4 Å².